The molecule has 2 heterocycles. The highest BCUT2D eigenvalue weighted by atomic mass is 35.5. The number of fused-ring (bicyclic) bond motifs is 1. The van der Waals surface area contributed by atoms with Gasteiger partial charge in [0.1, 0.15) is 18.2 Å². The van der Waals surface area contributed by atoms with Crippen LogP contribution in [0.15, 0.2) is 12.3 Å². The summed E-state index contributed by atoms with van der Waals surface area (Å²) in [5, 5.41) is 4.59. The molecular formula is C6H2BCl2N3. The first-order valence-electron chi connectivity index (χ1n) is 3.14. The lowest BCUT2D eigenvalue weighted by atomic mass is 10.0. The smallest absolute Gasteiger partial charge is 0.151 e. The van der Waals surface area contributed by atoms with Gasteiger partial charge in [-0.3, -0.25) is 0 Å². The molecule has 2 aromatic heterocycles. The minimum atomic E-state index is 0.305. The average molecular weight is 198 g/mol. The number of aromatic nitrogens is 3. The van der Waals surface area contributed by atoms with Crippen LogP contribution >= 0.6 is 23.2 Å². The normalized spacial score (nSPS) is 10.8. The van der Waals surface area contributed by atoms with E-state index in [9.17, 15) is 0 Å². The molecule has 0 N–H and O–H groups in total. The summed E-state index contributed by atoms with van der Waals surface area (Å²) in [4.78, 5) is 3.95. The van der Waals surface area contributed by atoms with E-state index in [1.165, 1.54) is 16.8 Å². The second kappa shape index (κ2) is 2.64. The van der Waals surface area contributed by atoms with Crippen molar-refractivity contribution >= 4 is 42.2 Å². The van der Waals surface area contributed by atoms with E-state index in [-0.39, 0.29) is 0 Å². The van der Waals surface area contributed by atoms with Gasteiger partial charge in [0, 0.05) is 12.3 Å². The SMILES string of the molecule is [B]c1cnn2c(Cl)cc(Cl)nc12. The second-order valence-electron chi connectivity index (χ2n) is 2.24. The van der Waals surface area contributed by atoms with Crippen molar-refractivity contribution in [2.75, 3.05) is 0 Å². The zero-order valence-corrected chi connectivity index (χ0v) is 7.34. The molecule has 0 amide bonds. The third kappa shape index (κ3) is 1.07. The summed E-state index contributed by atoms with van der Waals surface area (Å²) in [6.07, 6.45) is 1.48. The average Bonchev–Trinajstić information content (AvgIpc) is 2.33. The molecule has 3 nitrogen and oxygen atoms in total. The summed E-state index contributed by atoms with van der Waals surface area (Å²) in [5.41, 5.74) is 0.937. The summed E-state index contributed by atoms with van der Waals surface area (Å²) in [5.74, 6) is 0. The van der Waals surface area contributed by atoms with Gasteiger partial charge in [-0.2, -0.15) is 5.10 Å². The molecule has 0 atom stereocenters. The Labute approximate surface area is 79.7 Å². The molecule has 0 aliphatic carbocycles. The summed E-state index contributed by atoms with van der Waals surface area (Å²) >= 11 is 11.5. The number of nitrogens with zero attached hydrogens (tertiary/aromatic N) is 3. The van der Waals surface area contributed by atoms with Gasteiger partial charge in [-0.15, -0.1) is 0 Å². The standard InChI is InChI=1S/C6H2BCl2N3/c7-3-2-10-12-5(9)1-4(8)11-6(3)12/h1-2H. The van der Waals surface area contributed by atoms with Crippen LogP contribution in [0.2, 0.25) is 10.3 Å². The largest absolute Gasteiger partial charge is 0.217 e. The van der Waals surface area contributed by atoms with Gasteiger partial charge in [0.2, 0.25) is 0 Å². The molecular weight excluding hydrogens is 196 g/mol. The molecule has 0 aromatic carbocycles. The number of rotatable bonds is 0. The fourth-order valence-electron chi connectivity index (χ4n) is 0.916. The van der Waals surface area contributed by atoms with Crippen LogP contribution in [-0.2, 0) is 0 Å². The van der Waals surface area contributed by atoms with E-state index in [0.717, 1.165) is 0 Å². The highest BCUT2D eigenvalue weighted by molar-refractivity contribution is 6.37. The van der Waals surface area contributed by atoms with Gasteiger partial charge in [0.25, 0.3) is 0 Å². The zero-order valence-electron chi connectivity index (χ0n) is 5.83. The third-order valence-electron chi connectivity index (χ3n) is 1.42. The van der Waals surface area contributed by atoms with Gasteiger partial charge in [-0.05, 0) is 5.46 Å². The van der Waals surface area contributed by atoms with Crippen LogP contribution in [0.3, 0.4) is 0 Å². The molecule has 0 aliphatic rings. The Balaban J connectivity index is 2.92. The van der Waals surface area contributed by atoms with E-state index in [0.29, 0.717) is 21.4 Å². The molecule has 12 heavy (non-hydrogen) atoms. The van der Waals surface area contributed by atoms with E-state index in [2.05, 4.69) is 10.1 Å². The Kier molecular flexibility index (Phi) is 1.74. The molecule has 0 saturated carbocycles. The van der Waals surface area contributed by atoms with Crippen molar-refractivity contribution in [3.05, 3.63) is 22.6 Å². The third-order valence-corrected chi connectivity index (χ3v) is 1.89. The van der Waals surface area contributed by atoms with Crippen molar-refractivity contribution in [3.63, 3.8) is 0 Å². The van der Waals surface area contributed by atoms with E-state index in [1.54, 1.807) is 0 Å². The fourth-order valence-corrected chi connectivity index (χ4v) is 1.38. The Morgan fingerprint density at radius 2 is 2.17 bits per heavy atom. The van der Waals surface area contributed by atoms with Gasteiger partial charge >= 0.3 is 0 Å². The van der Waals surface area contributed by atoms with Crippen molar-refractivity contribution in [2.24, 2.45) is 0 Å². The summed E-state index contributed by atoms with van der Waals surface area (Å²) in [6.45, 7) is 0. The Morgan fingerprint density at radius 1 is 1.42 bits per heavy atom. The molecule has 0 unspecified atom stereocenters. The number of halogens is 2. The molecule has 0 bridgehead atoms. The predicted molar refractivity (Wildman–Crippen MR) is 48.4 cm³/mol. The van der Waals surface area contributed by atoms with E-state index >= 15 is 0 Å². The Hall–Kier alpha value is -0.735. The lowest BCUT2D eigenvalue weighted by Gasteiger charge is -1.97. The molecule has 2 radical (unpaired) electrons. The quantitative estimate of drug-likeness (QED) is 0.463. The molecule has 0 spiro atoms. The van der Waals surface area contributed by atoms with Crippen molar-refractivity contribution in [1.82, 2.24) is 14.6 Å². The van der Waals surface area contributed by atoms with Gasteiger partial charge in [0.05, 0.1) is 0 Å². The van der Waals surface area contributed by atoms with Gasteiger partial charge in [-0.25, -0.2) is 9.50 Å². The molecule has 58 valence electrons. The van der Waals surface area contributed by atoms with Crippen LogP contribution in [0, 0.1) is 0 Å². The van der Waals surface area contributed by atoms with Crippen molar-refractivity contribution in [2.45, 2.75) is 0 Å². The van der Waals surface area contributed by atoms with Crippen LogP contribution in [0.5, 0.6) is 0 Å². The first-order chi connectivity index (χ1) is 5.68. The first kappa shape index (κ1) is 7.89. The maximum absolute atomic E-state index is 5.80. The highest BCUT2D eigenvalue weighted by Crippen LogP contribution is 2.14. The van der Waals surface area contributed by atoms with Crippen LogP contribution < -0.4 is 5.46 Å². The van der Waals surface area contributed by atoms with Gasteiger partial charge in [0.15, 0.2) is 5.65 Å². The van der Waals surface area contributed by atoms with E-state index < -0.39 is 0 Å². The summed E-state index contributed by atoms with van der Waals surface area (Å²) in [7, 11) is 5.55. The van der Waals surface area contributed by atoms with Crippen LogP contribution in [-0.4, -0.2) is 22.4 Å². The van der Waals surface area contributed by atoms with Gasteiger partial charge in [-0.1, -0.05) is 23.2 Å². The molecule has 0 fully saturated rings. The second-order valence-corrected chi connectivity index (χ2v) is 3.01. The monoisotopic (exact) mass is 197 g/mol. The minimum Gasteiger partial charge on any atom is -0.217 e. The maximum Gasteiger partial charge on any atom is 0.151 e. The topological polar surface area (TPSA) is 30.2 Å². The maximum atomic E-state index is 5.80. The minimum absolute atomic E-state index is 0.305. The van der Waals surface area contributed by atoms with Crippen LogP contribution in [0.1, 0.15) is 0 Å². The molecule has 0 saturated heterocycles. The fraction of sp³-hybridized carbons (Fsp3) is 0. The number of hydrogen-bond donors (Lipinski definition) is 0. The van der Waals surface area contributed by atoms with E-state index in [4.69, 9.17) is 31.0 Å². The lowest BCUT2D eigenvalue weighted by molar-refractivity contribution is 0.940. The highest BCUT2D eigenvalue weighted by Gasteiger charge is 2.05. The summed E-state index contributed by atoms with van der Waals surface area (Å²) < 4.78 is 1.42. The molecule has 6 heteroatoms. The Bertz CT molecular complexity index is 440. The van der Waals surface area contributed by atoms with Crippen molar-refractivity contribution < 1.29 is 0 Å². The molecule has 2 aromatic rings. The summed E-state index contributed by atoms with van der Waals surface area (Å²) in [6, 6.07) is 1.50. The van der Waals surface area contributed by atoms with Crippen molar-refractivity contribution in [3.8, 4) is 0 Å². The molecule has 2 rings (SSSR count). The van der Waals surface area contributed by atoms with E-state index in [1.807, 2.05) is 0 Å². The van der Waals surface area contributed by atoms with Crippen molar-refractivity contribution in [1.29, 1.82) is 0 Å². The first-order valence-corrected chi connectivity index (χ1v) is 3.89. The van der Waals surface area contributed by atoms with Crippen LogP contribution in [0.25, 0.3) is 5.65 Å². The zero-order chi connectivity index (χ0) is 8.72. The predicted octanol–water partition coefficient (Wildman–Crippen LogP) is 0.830. The number of hydrogen-bond acceptors (Lipinski definition) is 2. The Morgan fingerprint density at radius 3 is 2.92 bits per heavy atom. The molecule has 0 aliphatic heterocycles. The van der Waals surface area contributed by atoms with Gasteiger partial charge < -0.3 is 0 Å². The lowest BCUT2D eigenvalue weighted by Crippen LogP contribution is -2.02. The van der Waals surface area contributed by atoms with Crippen LogP contribution in [0.4, 0.5) is 0 Å².